The van der Waals surface area contributed by atoms with Crippen LogP contribution in [0.2, 0.25) is 0 Å². The first-order chi connectivity index (χ1) is 11.7. The molecule has 0 saturated heterocycles. The van der Waals surface area contributed by atoms with Gasteiger partial charge in [-0.2, -0.15) is 0 Å². The molecule has 0 saturated carbocycles. The van der Waals surface area contributed by atoms with Crippen LogP contribution in [0.25, 0.3) is 0 Å². The molecule has 0 amide bonds. The van der Waals surface area contributed by atoms with Gasteiger partial charge in [0.05, 0.1) is 0 Å². The number of rotatable bonds is 4. The van der Waals surface area contributed by atoms with Crippen LogP contribution < -0.4 is 15.9 Å². The van der Waals surface area contributed by atoms with E-state index in [9.17, 15) is 4.79 Å². The zero-order valence-corrected chi connectivity index (χ0v) is 17.3. The monoisotopic (exact) mass is 530 g/mol. The van der Waals surface area contributed by atoms with Crippen LogP contribution in [0.5, 0.6) is 0 Å². The van der Waals surface area contributed by atoms with Gasteiger partial charge in [-0.1, -0.05) is 97.9 Å². The number of carbonyl (C=O) groups excluding carboxylic acids is 1. The van der Waals surface area contributed by atoms with Crippen LogP contribution in [0.3, 0.4) is 0 Å². The molecule has 3 aromatic carbocycles. The van der Waals surface area contributed by atoms with Crippen LogP contribution >= 0.6 is 7.92 Å². The number of hydrogen-bond donors (Lipinski definition) is 0. The minimum Gasteiger partial charge on any atom is -0.339 e. The van der Waals surface area contributed by atoms with Gasteiger partial charge in [-0.25, -0.2) is 0 Å². The third-order valence-electron chi connectivity index (χ3n) is 3.44. The smallest absolute Gasteiger partial charge is 0.339 e. The van der Waals surface area contributed by atoms with Crippen molar-refractivity contribution in [2.24, 2.45) is 0 Å². The second kappa shape index (κ2) is 11.8. The van der Waals surface area contributed by atoms with E-state index in [1.54, 1.807) is 6.92 Å². The molecule has 0 unspecified atom stereocenters. The fraction of sp³-hybridized carbons (Fsp3) is 0.0909. The Morgan fingerprint density at radius 3 is 1.16 bits per heavy atom. The van der Waals surface area contributed by atoms with Crippen molar-refractivity contribution >= 4 is 29.6 Å². The maximum absolute atomic E-state index is 9.70. The molecule has 3 heteroatoms. The van der Waals surface area contributed by atoms with Gasteiger partial charge in [0.2, 0.25) is 0 Å². The van der Waals surface area contributed by atoms with Crippen LogP contribution in [0, 0.1) is 6.92 Å². The second-order valence-corrected chi connectivity index (χ2v) is 7.45. The third-order valence-corrected chi connectivity index (χ3v) is 5.88. The molecule has 0 spiro atoms. The molecular weight excluding hydrogens is 508 g/mol. The molecule has 1 nitrogen and oxygen atoms in total. The molecule has 3 rings (SSSR count). The Labute approximate surface area is 167 Å². The van der Waals surface area contributed by atoms with E-state index in [0.717, 1.165) is 0 Å². The SMILES string of the molecule is [Au+].[CH2-]C(=O)CC.c1ccc(P(c2ccccc2)c2ccccc2)cc1. The summed E-state index contributed by atoms with van der Waals surface area (Å²) in [7, 11) is -0.446. The van der Waals surface area contributed by atoms with Crippen LogP contribution in [0.4, 0.5) is 0 Å². The van der Waals surface area contributed by atoms with Crippen LogP contribution in [-0.4, -0.2) is 5.78 Å². The van der Waals surface area contributed by atoms with E-state index >= 15 is 0 Å². The maximum atomic E-state index is 9.70. The van der Waals surface area contributed by atoms with E-state index in [0.29, 0.717) is 6.42 Å². The second-order valence-electron chi connectivity index (χ2n) is 5.23. The standard InChI is InChI=1S/C18H15P.C4H7O.Au/c1-4-10-16(11-5-1)19(17-12-6-2-7-13-17)18-14-8-3-9-15-18;1-3-4(2)5;/h1-15H;2-3H2,1H3;/q;-1;+1. The van der Waals surface area contributed by atoms with Crippen LogP contribution in [0.1, 0.15) is 13.3 Å². The minimum absolute atomic E-state index is 0. The largest absolute Gasteiger partial charge is 1.00 e. The normalized spacial score (nSPS) is 9.52. The number of hydrogen-bond acceptors (Lipinski definition) is 1. The molecule has 0 aliphatic heterocycles. The summed E-state index contributed by atoms with van der Waals surface area (Å²) in [4.78, 5) is 9.70. The zero-order chi connectivity index (χ0) is 17.2. The Morgan fingerprint density at radius 1 is 0.720 bits per heavy atom. The number of ketones is 1. The number of Topliss-reactive ketones (excluding diaryl/α,β-unsaturated/α-hetero) is 1. The topological polar surface area (TPSA) is 17.1 Å². The molecule has 0 radical (unpaired) electrons. The van der Waals surface area contributed by atoms with E-state index < -0.39 is 7.92 Å². The van der Waals surface area contributed by atoms with Crippen molar-refractivity contribution in [3.05, 3.63) is 97.9 Å². The van der Waals surface area contributed by atoms with Gasteiger partial charge in [-0.3, -0.25) is 0 Å². The molecule has 132 valence electrons. The van der Waals surface area contributed by atoms with Gasteiger partial charge in [0.1, 0.15) is 0 Å². The first-order valence-corrected chi connectivity index (χ1v) is 9.36. The van der Waals surface area contributed by atoms with E-state index in [4.69, 9.17) is 0 Å². The summed E-state index contributed by atoms with van der Waals surface area (Å²) in [5, 5.41) is 4.19. The summed E-state index contributed by atoms with van der Waals surface area (Å²) >= 11 is 0. The van der Waals surface area contributed by atoms with E-state index in [2.05, 4.69) is 97.9 Å². The summed E-state index contributed by atoms with van der Waals surface area (Å²) in [5.41, 5.74) is 0. The fourth-order valence-corrected chi connectivity index (χ4v) is 4.48. The Hall–Kier alpha value is -1.63. The Bertz CT molecular complexity index is 636. The Balaban J connectivity index is 0.000000462. The van der Waals surface area contributed by atoms with E-state index in [1.165, 1.54) is 15.9 Å². The molecule has 0 aliphatic carbocycles. The summed E-state index contributed by atoms with van der Waals surface area (Å²) in [5.74, 6) is 0.00463. The summed E-state index contributed by atoms with van der Waals surface area (Å²) in [6.45, 7) is 4.91. The average Bonchev–Trinajstić information content (AvgIpc) is 2.65. The summed E-state index contributed by atoms with van der Waals surface area (Å²) in [6, 6.07) is 32.3. The maximum Gasteiger partial charge on any atom is 1.00 e. The predicted molar refractivity (Wildman–Crippen MR) is 106 cm³/mol. The predicted octanol–water partition coefficient (Wildman–Crippen LogP) is 4.24. The van der Waals surface area contributed by atoms with Gasteiger partial charge in [-0.05, 0) is 36.0 Å². The molecule has 0 atom stereocenters. The minimum atomic E-state index is -0.446. The van der Waals surface area contributed by atoms with E-state index in [1.807, 2.05) is 0 Å². The first-order valence-electron chi connectivity index (χ1n) is 8.02. The Kier molecular flexibility index (Phi) is 10.1. The van der Waals surface area contributed by atoms with Crippen molar-refractivity contribution in [1.82, 2.24) is 0 Å². The first kappa shape index (κ1) is 21.4. The number of benzene rings is 3. The van der Waals surface area contributed by atoms with Gasteiger partial charge < -0.3 is 11.7 Å². The molecule has 0 N–H and O–H groups in total. The zero-order valence-electron chi connectivity index (χ0n) is 14.2. The van der Waals surface area contributed by atoms with Crippen LogP contribution in [0.15, 0.2) is 91.0 Å². The van der Waals surface area contributed by atoms with Gasteiger partial charge in [0.25, 0.3) is 0 Å². The van der Waals surface area contributed by atoms with Crippen LogP contribution in [-0.2, 0) is 27.2 Å². The summed E-state index contributed by atoms with van der Waals surface area (Å²) < 4.78 is 0. The van der Waals surface area contributed by atoms with Gasteiger partial charge >= 0.3 is 22.4 Å². The van der Waals surface area contributed by atoms with Crippen molar-refractivity contribution in [2.45, 2.75) is 13.3 Å². The van der Waals surface area contributed by atoms with E-state index in [-0.39, 0.29) is 28.2 Å². The van der Waals surface area contributed by atoms with Gasteiger partial charge in [0.15, 0.2) is 0 Å². The van der Waals surface area contributed by atoms with Crippen molar-refractivity contribution in [3.8, 4) is 0 Å². The quantitative estimate of drug-likeness (QED) is 0.280. The number of carbonyl (C=O) groups is 1. The molecule has 0 bridgehead atoms. The Morgan fingerprint density at radius 2 is 0.960 bits per heavy atom. The molecular formula is C22H22AuOP. The molecule has 25 heavy (non-hydrogen) atoms. The third kappa shape index (κ3) is 7.02. The van der Waals surface area contributed by atoms with Gasteiger partial charge in [0, 0.05) is 0 Å². The average molecular weight is 530 g/mol. The molecule has 0 heterocycles. The van der Waals surface area contributed by atoms with Crippen molar-refractivity contribution in [3.63, 3.8) is 0 Å². The van der Waals surface area contributed by atoms with Crippen molar-refractivity contribution in [2.75, 3.05) is 0 Å². The molecule has 3 aromatic rings. The molecule has 0 aliphatic rings. The van der Waals surface area contributed by atoms with Gasteiger partial charge in [-0.15, -0.1) is 0 Å². The van der Waals surface area contributed by atoms with Crippen molar-refractivity contribution < 1.29 is 27.2 Å². The molecule has 0 aromatic heterocycles. The molecule has 0 fully saturated rings. The van der Waals surface area contributed by atoms with Crippen molar-refractivity contribution in [1.29, 1.82) is 0 Å². The fourth-order valence-electron chi connectivity index (χ4n) is 2.18. The summed E-state index contributed by atoms with van der Waals surface area (Å²) in [6.07, 6.45) is 0.556.